The average molecular weight is 368 g/mol. The summed E-state index contributed by atoms with van der Waals surface area (Å²) in [5, 5.41) is 0. The summed E-state index contributed by atoms with van der Waals surface area (Å²) in [7, 11) is 3.10. The monoisotopic (exact) mass is 368 g/mol. The molecule has 0 N–H and O–H groups in total. The lowest BCUT2D eigenvalue weighted by atomic mass is 9.89. The maximum Gasteiger partial charge on any atom is 0.272 e. The molecule has 142 valence electrons. The number of piperidine rings is 1. The van der Waals surface area contributed by atoms with E-state index in [1.54, 1.807) is 43.4 Å². The van der Waals surface area contributed by atoms with Crippen LogP contribution in [-0.4, -0.2) is 48.9 Å². The summed E-state index contributed by atoms with van der Waals surface area (Å²) in [6.07, 6.45) is 1.56. The number of Topliss-reactive ketones (excluding diaryl/α,β-unsaturated/α-hetero) is 1. The van der Waals surface area contributed by atoms with Gasteiger partial charge in [-0.25, -0.2) is 4.98 Å². The smallest absolute Gasteiger partial charge is 0.272 e. The van der Waals surface area contributed by atoms with Gasteiger partial charge in [-0.2, -0.15) is 0 Å². The molecule has 0 bridgehead atoms. The van der Waals surface area contributed by atoms with E-state index in [0.717, 1.165) is 18.5 Å². The van der Waals surface area contributed by atoms with Crippen molar-refractivity contribution in [1.82, 2.24) is 9.88 Å². The van der Waals surface area contributed by atoms with E-state index in [4.69, 9.17) is 9.47 Å². The first-order valence-electron chi connectivity index (χ1n) is 9.02. The number of carbonyl (C=O) groups excluding carboxylic acids is 2. The van der Waals surface area contributed by atoms with Crippen molar-refractivity contribution in [2.45, 2.75) is 19.8 Å². The van der Waals surface area contributed by atoms with Crippen LogP contribution in [0.4, 0.5) is 0 Å². The number of amides is 1. The highest BCUT2D eigenvalue weighted by atomic mass is 16.5. The highest BCUT2D eigenvalue weighted by Crippen LogP contribution is 2.30. The minimum Gasteiger partial charge on any atom is -0.493 e. The average Bonchev–Trinajstić information content (AvgIpc) is 2.72. The Morgan fingerprint density at radius 3 is 2.59 bits per heavy atom. The van der Waals surface area contributed by atoms with E-state index in [1.165, 1.54) is 0 Å². The number of nitrogens with zero attached hydrogens (tertiary/aromatic N) is 2. The fraction of sp³-hybridized carbons (Fsp3) is 0.381. The number of pyridine rings is 1. The van der Waals surface area contributed by atoms with Crippen LogP contribution in [0.2, 0.25) is 0 Å². The molecule has 1 saturated heterocycles. The summed E-state index contributed by atoms with van der Waals surface area (Å²) in [6, 6.07) is 10.6. The fourth-order valence-electron chi connectivity index (χ4n) is 3.42. The van der Waals surface area contributed by atoms with Gasteiger partial charge in [0.25, 0.3) is 5.91 Å². The molecule has 1 aliphatic rings. The van der Waals surface area contributed by atoms with Crippen LogP contribution in [0, 0.1) is 12.8 Å². The SMILES string of the molecule is COc1ccc(C(=O)[C@H]2CCCN(C(=O)c3cccc(C)n3)C2)cc1OC. The molecule has 1 aromatic carbocycles. The standard InChI is InChI=1S/C21H24N2O4/c1-14-6-4-8-17(22-14)21(25)23-11-5-7-16(13-23)20(24)15-9-10-18(26-2)19(12-15)27-3/h4,6,8-10,12,16H,5,7,11,13H2,1-3H3/t16-/m0/s1. The van der Waals surface area contributed by atoms with Gasteiger partial charge in [-0.3, -0.25) is 9.59 Å². The molecule has 0 unspecified atom stereocenters. The summed E-state index contributed by atoms with van der Waals surface area (Å²) in [5.74, 6) is 0.774. The molecule has 6 heteroatoms. The van der Waals surface area contributed by atoms with E-state index in [1.807, 2.05) is 19.1 Å². The Labute approximate surface area is 159 Å². The second-order valence-corrected chi connectivity index (χ2v) is 6.69. The molecule has 6 nitrogen and oxygen atoms in total. The van der Waals surface area contributed by atoms with E-state index in [2.05, 4.69) is 4.98 Å². The number of hydrogen-bond donors (Lipinski definition) is 0. The maximum absolute atomic E-state index is 13.0. The molecular weight excluding hydrogens is 344 g/mol. The number of ether oxygens (including phenoxy) is 2. The first-order chi connectivity index (χ1) is 13.0. The van der Waals surface area contributed by atoms with Gasteiger partial charge < -0.3 is 14.4 Å². The van der Waals surface area contributed by atoms with Crippen LogP contribution >= 0.6 is 0 Å². The van der Waals surface area contributed by atoms with Gasteiger partial charge in [-0.1, -0.05) is 6.07 Å². The molecule has 1 atom stereocenters. The molecule has 3 rings (SSSR count). The summed E-state index contributed by atoms with van der Waals surface area (Å²) in [4.78, 5) is 31.8. The zero-order chi connectivity index (χ0) is 19.4. The lowest BCUT2D eigenvalue weighted by Gasteiger charge is -2.32. The molecule has 0 saturated carbocycles. The lowest BCUT2D eigenvalue weighted by Crippen LogP contribution is -2.42. The number of aryl methyl sites for hydroxylation is 1. The van der Waals surface area contributed by atoms with Crippen molar-refractivity contribution in [2.24, 2.45) is 5.92 Å². The van der Waals surface area contributed by atoms with Gasteiger partial charge in [0.1, 0.15) is 5.69 Å². The van der Waals surface area contributed by atoms with E-state index in [0.29, 0.717) is 35.8 Å². The zero-order valence-corrected chi connectivity index (χ0v) is 15.9. The van der Waals surface area contributed by atoms with Crippen molar-refractivity contribution in [3.63, 3.8) is 0 Å². The first kappa shape index (κ1) is 18.9. The zero-order valence-electron chi connectivity index (χ0n) is 15.9. The Morgan fingerprint density at radius 1 is 1.11 bits per heavy atom. The van der Waals surface area contributed by atoms with Crippen molar-refractivity contribution in [2.75, 3.05) is 27.3 Å². The first-order valence-corrected chi connectivity index (χ1v) is 9.02. The quantitative estimate of drug-likeness (QED) is 0.759. The molecule has 0 spiro atoms. The summed E-state index contributed by atoms with van der Waals surface area (Å²) >= 11 is 0. The van der Waals surface area contributed by atoms with Crippen LogP contribution in [-0.2, 0) is 0 Å². The summed E-state index contributed by atoms with van der Waals surface area (Å²) < 4.78 is 10.5. The minimum atomic E-state index is -0.231. The van der Waals surface area contributed by atoms with Crippen molar-refractivity contribution < 1.29 is 19.1 Å². The van der Waals surface area contributed by atoms with Crippen LogP contribution in [0.15, 0.2) is 36.4 Å². The Kier molecular flexibility index (Phi) is 5.74. The number of hydrogen-bond acceptors (Lipinski definition) is 5. The molecule has 27 heavy (non-hydrogen) atoms. The van der Waals surface area contributed by atoms with E-state index in [9.17, 15) is 9.59 Å². The third-order valence-corrected chi connectivity index (χ3v) is 4.85. The van der Waals surface area contributed by atoms with Crippen LogP contribution < -0.4 is 9.47 Å². The molecule has 1 amide bonds. The largest absolute Gasteiger partial charge is 0.493 e. The van der Waals surface area contributed by atoms with Gasteiger partial charge in [-0.05, 0) is 50.1 Å². The fourth-order valence-corrected chi connectivity index (χ4v) is 3.42. The van der Waals surface area contributed by atoms with Crippen molar-refractivity contribution in [3.05, 3.63) is 53.3 Å². The number of benzene rings is 1. The Bertz CT molecular complexity index is 850. The van der Waals surface area contributed by atoms with Crippen LogP contribution in [0.25, 0.3) is 0 Å². The topological polar surface area (TPSA) is 68.7 Å². The van der Waals surface area contributed by atoms with Crippen molar-refractivity contribution >= 4 is 11.7 Å². The van der Waals surface area contributed by atoms with E-state index >= 15 is 0 Å². The van der Waals surface area contributed by atoms with E-state index in [-0.39, 0.29) is 17.6 Å². The maximum atomic E-state index is 13.0. The van der Waals surface area contributed by atoms with Gasteiger partial charge in [0, 0.05) is 30.3 Å². The predicted molar refractivity (Wildman–Crippen MR) is 101 cm³/mol. The number of rotatable bonds is 5. The Hall–Kier alpha value is -2.89. The van der Waals surface area contributed by atoms with Crippen LogP contribution in [0.3, 0.4) is 0 Å². The second kappa shape index (κ2) is 8.20. The van der Waals surface area contributed by atoms with Gasteiger partial charge in [0.15, 0.2) is 17.3 Å². The third-order valence-electron chi connectivity index (χ3n) is 4.85. The molecular formula is C21H24N2O4. The van der Waals surface area contributed by atoms with Crippen LogP contribution in [0.5, 0.6) is 11.5 Å². The number of ketones is 1. The molecule has 2 aromatic rings. The summed E-state index contributed by atoms with van der Waals surface area (Å²) in [6.45, 7) is 2.90. The van der Waals surface area contributed by atoms with Crippen molar-refractivity contribution in [3.8, 4) is 11.5 Å². The molecule has 1 fully saturated rings. The highest BCUT2D eigenvalue weighted by Gasteiger charge is 2.30. The second-order valence-electron chi connectivity index (χ2n) is 6.69. The molecule has 0 radical (unpaired) electrons. The molecule has 1 aromatic heterocycles. The van der Waals surface area contributed by atoms with Gasteiger partial charge in [0.2, 0.25) is 0 Å². The predicted octanol–water partition coefficient (Wildman–Crippen LogP) is 3.14. The van der Waals surface area contributed by atoms with Gasteiger partial charge >= 0.3 is 0 Å². The highest BCUT2D eigenvalue weighted by molar-refractivity contribution is 5.99. The van der Waals surface area contributed by atoms with Crippen molar-refractivity contribution in [1.29, 1.82) is 0 Å². The van der Waals surface area contributed by atoms with Gasteiger partial charge in [-0.15, -0.1) is 0 Å². The van der Waals surface area contributed by atoms with Crippen LogP contribution in [0.1, 0.15) is 39.4 Å². The number of methoxy groups -OCH3 is 2. The number of likely N-dealkylation sites (tertiary alicyclic amines) is 1. The minimum absolute atomic E-state index is 0.0191. The normalized spacial score (nSPS) is 16.7. The van der Waals surface area contributed by atoms with Gasteiger partial charge in [0.05, 0.1) is 14.2 Å². The molecule has 2 heterocycles. The Morgan fingerprint density at radius 2 is 1.89 bits per heavy atom. The number of carbonyl (C=O) groups is 2. The third kappa shape index (κ3) is 4.10. The molecule has 1 aliphatic heterocycles. The summed E-state index contributed by atoms with van der Waals surface area (Å²) in [5.41, 5.74) is 1.80. The lowest BCUT2D eigenvalue weighted by molar-refractivity contribution is 0.0632. The number of aromatic nitrogens is 1. The molecule has 0 aliphatic carbocycles. The Balaban J connectivity index is 1.76. The van der Waals surface area contributed by atoms with E-state index < -0.39 is 0 Å².